The number of likely N-dealkylation sites (N-methyl/N-ethyl adjacent to an activating group) is 1. The summed E-state index contributed by atoms with van der Waals surface area (Å²) in [7, 11) is 0. The van der Waals surface area contributed by atoms with Crippen LogP contribution in [0.3, 0.4) is 0 Å². The van der Waals surface area contributed by atoms with Gasteiger partial charge >= 0.3 is 0 Å². The van der Waals surface area contributed by atoms with E-state index < -0.39 is 6.10 Å². The second-order valence-electron chi connectivity index (χ2n) is 5.47. The van der Waals surface area contributed by atoms with Gasteiger partial charge in [-0.25, -0.2) is 0 Å². The van der Waals surface area contributed by atoms with Crippen LogP contribution in [0, 0.1) is 6.92 Å². The van der Waals surface area contributed by atoms with Crippen molar-refractivity contribution in [2.45, 2.75) is 53.6 Å². The number of carbonyl (C=O) groups is 1. The number of amides is 1. The Bertz CT molecular complexity index is 450. The van der Waals surface area contributed by atoms with Gasteiger partial charge < -0.3 is 9.64 Å². The van der Waals surface area contributed by atoms with Crippen LogP contribution < -0.4 is 4.74 Å². The smallest absolute Gasteiger partial charge is 0.263 e. The fourth-order valence-electron chi connectivity index (χ4n) is 2.25. The molecule has 0 bridgehead atoms. The molecule has 1 unspecified atom stereocenters. The van der Waals surface area contributed by atoms with Gasteiger partial charge in [0, 0.05) is 13.1 Å². The standard InChI is InChI=1S/C17H27NO2/c1-7-18(8-2)17(19)14(6)20-16-11-13(5)9-10-15(16)12(3)4/h9-12,14H,7-8H2,1-6H3. The first-order valence-corrected chi connectivity index (χ1v) is 7.46. The Morgan fingerprint density at radius 1 is 1.20 bits per heavy atom. The molecule has 0 N–H and O–H groups in total. The molecule has 0 heterocycles. The highest BCUT2D eigenvalue weighted by molar-refractivity contribution is 5.80. The van der Waals surface area contributed by atoms with Crippen LogP contribution in [0.25, 0.3) is 0 Å². The Labute approximate surface area is 122 Å². The van der Waals surface area contributed by atoms with E-state index in [-0.39, 0.29) is 5.91 Å². The monoisotopic (exact) mass is 277 g/mol. The number of aryl methyl sites for hydroxylation is 1. The summed E-state index contributed by atoms with van der Waals surface area (Å²) in [6, 6.07) is 6.18. The quantitative estimate of drug-likeness (QED) is 0.792. The number of benzene rings is 1. The Kier molecular flexibility index (Phi) is 6.05. The number of rotatable bonds is 6. The maximum absolute atomic E-state index is 12.3. The third-order valence-corrected chi connectivity index (χ3v) is 3.52. The predicted octanol–water partition coefficient (Wildman–Crippen LogP) is 3.75. The minimum absolute atomic E-state index is 0.0474. The molecule has 0 spiro atoms. The summed E-state index contributed by atoms with van der Waals surface area (Å²) in [5.74, 6) is 1.25. The lowest BCUT2D eigenvalue weighted by Gasteiger charge is -2.25. The second kappa shape index (κ2) is 7.32. The van der Waals surface area contributed by atoms with Crippen molar-refractivity contribution in [1.82, 2.24) is 4.90 Å². The molecule has 1 aromatic rings. The van der Waals surface area contributed by atoms with E-state index in [1.165, 1.54) is 0 Å². The van der Waals surface area contributed by atoms with Gasteiger partial charge in [0.2, 0.25) is 0 Å². The maximum atomic E-state index is 12.3. The third-order valence-electron chi connectivity index (χ3n) is 3.52. The normalized spacial score (nSPS) is 12.3. The van der Waals surface area contributed by atoms with Crippen LogP contribution in [0.5, 0.6) is 5.75 Å². The van der Waals surface area contributed by atoms with Gasteiger partial charge in [-0.2, -0.15) is 0 Å². The lowest BCUT2D eigenvalue weighted by molar-refractivity contribution is -0.137. The molecule has 0 aromatic heterocycles. The van der Waals surface area contributed by atoms with Crippen molar-refractivity contribution in [1.29, 1.82) is 0 Å². The summed E-state index contributed by atoms with van der Waals surface area (Å²) in [5, 5.41) is 0. The number of nitrogens with zero attached hydrogens (tertiary/aromatic N) is 1. The van der Waals surface area contributed by atoms with Gasteiger partial charge in [0.1, 0.15) is 5.75 Å². The molecular weight excluding hydrogens is 250 g/mol. The number of hydrogen-bond acceptors (Lipinski definition) is 2. The molecule has 20 heavy (non-hydrogen) atoms. The van der Waals surface area contributed by atoms with Crippen LogP contribution in [-0.4, -0.2) is 30.0 Å². The van der Waals surface area contributed by atoms with Gasteiger partial charge in [-0.15, -0.1) is 0 Å². The van der Waals surface area contributed by atoms with Gasteiger partial charge in [0.25, 0.3) is 5.91 Å². The Morgan fingerprint density at radius 2 is 1.80 bits per heavy atom. The molecule has 3 heteroatoms. The summed E-state index contributed by atoms with van der Waals surface area (Å²) in [4.78, 5) is 14.1. The summed E-state index contributed by atoms with van der Waals surface area (Å²) in [5.41, 5.74) is 2.29. The van der Waals surface area contributed by atoms with Crippen molar-refractivity contribution in [3.05, 3.63) is 29.3 Å². The molecule has 1 rings (SSSR count). The molecule has 1 atom stereocenters. The van der Waals surface area contributed by atoms with Crippen molar-refractivity contribution < 1.29 is 9.53 Å². The van der Waals surface area contributed by atoms with Gasteiger partial charge in [-0.05, 0) is 50.8 Å². The first-order valence-electron chi connectivity index (χ1n) is 7.46. The summed E-state index contributed by atoms with van der Waals surface area (Å²) >= 11 is 0. The Hall–Kier alpha value is -1.51. The molecule has 1 aromatic carbocycles. The van der Waals surface area contributed by atoms with Crippen molar-refractivity contribution in [3.8, 4) is 5.75 Å². The largest absolute Gasteiger partial charge is 0.481 e. The van der Waals surface area contributed by atoms with Crippen LogP contribution in [0.1, 0.15) is 51.7 Å². The van der Waals surface area contributed by atoms with Gasteiger partial charge in [-0.3, -0.25) is 4.79 Å². The molecule has 0 saturated carbocycles. The van der Waals surface area contributed by atoms with E-state index in [1.54, 1.807) is 4.90 Å². The first kappa shape index (κ1) is 16.5. The molecule has 0 aliphatic rings. The number of carbonyl (C=O) groups excluding carboxylic acids is 1. The van der Waals surface area contributed by atoms with E-state index in [0.717, 1.165) is 16.9 Å². The maximum Gasteiger partial charge on any atom is 0.263 e. The van der Waals surface area contributed by atoms with E-state index in [1.807, 2.05) is 33.8 Å². The fraction of sp³-hybridized carbons (Fsp3) is 0.588. The third kappa shape index (κ3) is 3.99. The van der Waals surface area contributed by atoms with Gasteiger partial charge in [0.05, 0.1) is 0 Å². The predicted molar refractivity (Wildman–Crippen MR) is 83.3 cm³/mol. The van der Waals surface area contributed by atoms with E-state index in [0.29, 0.717) is 19.0 Å². The lowest BCUT2D eigenvalue weighted by Crippen LogP contribution is -2.40. The van der Waals surface area contributed by atoms with Crippen LogP contribution in [-0.2, 0) is 4.79 Å². The second-order valence-corrected chi connectivity index (χ2v) is 5.47. The minimum atomic E-state index is -0.450. The highest BCUT2D eigenvalue weighted by Crippen LogP contribution is 2.28. The first-order chi connectivity index (χ1) is 9.40. The van der Waals surface area contributed by atoms with E-state index in [9.17, 15) is 4.79 Å². The zero-order valence-corrected chi connectivity index (χ0v) is 13.6. The Morgan fingerprint density at radius 3 is 2.30 bits per heavy atom. The van der Waals surface area contributed by atoms with E-state index >= 15 is 0 Å². The average Bonchev–Trinajstić information content (AvgIpc) is 2.39. The molecule has 0 aliphatic carbocycles. The van der Waals surface area contributed by atoms with Crippen LogP contribution in [0.4, 0.5) is 0 Å². The van der Waals surface area contributed by atoms with Crippen molar-refractivity contribution in [2.24, 2.45) is 0 Å². The van der Waals surface area contributed by atoms with Crippen LogP contribution >= 0.6 is 0 Å². The fourth-order valence-corrected chi connectivity index (χ4v) is 2.25. The number of ether oxygens (including phenoxy) is 1. The lowest BCUT2D eigenvalue weighted by atomic mass is 10.0. The molecule has 112 valence electrons. The highest BCUT2D eigenvalue weighted by atomic mass is 16.5. The number of hydrogen-bond donors (Lipinski definition) is 0. The van der Waals surface area contributed by atoms with Crippen molar-refractivity contribution in [2.75, 3.05) is 13.1 Å². The summed E-state index contributed by atoms with van der Waals surface area (Å²) < 4.78 is 5.94. The van der Waals surface area contributed by atoms with Gasteiger partial charge in [-0.1, -0.05) is 26.0 Å². The highest BCUT2D eigenvalue weighted by Gasteiger charge is 2.21. The van der Waals surface area contributed by atoms with E-state index in [4.69, 9.17) is 4.74 Å². The van der Waals surface area contributed by atoms with Crippen molar-refractivity contribution >= 4 is 5.91 Å². The van der Waals surface area contributed by atoms with Crippen molar-refractivity contribution in [3.63, 3.8) is 0 Å². The molecule has 0 fully saturated rings. The molecular formula is C17H27NO2. The van der Waals surface area contributed by atoms with Crippen LogP contribution in [0.2, 0.25) is 0 Å². The minimum Gasteiger partial charge on any atom is -0.481 e. The SMILES string of the molecule is CCN(CC)C(=O)C(C)Oc1cc(C)ccc1C(C)C. The zero-order chi connectivity index (χ0) is 15.3. The average molecular weight is 277 g/mol. The zero-order valence-electron chi connectivity index (χ0n) is 13.6. The molecule has 1 amide bonds. The van der Waals surface area contributed by atoms with Gasteiger partial charge in [0.15, 0.2) is 6.10 Å². The molecule has 0 radical (unpaired) electrons. The summed E-state index contributed by atoms with van der Waals surface area (Å²) in [6.45, 7) is 13.5. The van der Waals surface area contributed by atoms with E-state index in [2.05, 4.69) is 26.0 Å². The molecule has 0 saturated heterocycles. The Balaban J connectivity index is 2.92. The summed E-state index contributed by atoms with van der Waals surface area (Å²) in [6.07, 6.45) is -0.450. The molecule has 0 aliphatic heterocycles. The topological polar surface area (TPSA) is 29.5 Å². The molecule has 3 nitrogen and oxygen atoms in total. The van der Waals surface area contributed by atoms with Crippen LogP contribution in [0.15, 0.2) is 18.2 Å².